The number of amides is 1. The van der Waals surface area contributed by atoms with Gasteiger partial charge in [-0.2, -0.15) is 4.98 Å². The number of piperidine rings is 1. The van der Waals surface area contributed by atoms with Crippen LogP contribution in [0.1, 0.15) is 31.2 Å². The highest BCUT2D eigenvalue weighted by atomic mass is 16.5. The van der Waals surface area contributed by atoms with Gasteiger partial charge in [-0.1, -0.05) is 17.3 Å². The van der Waals surface area contributed by atoms with Crippen LogP contribution in [0.5, 0.6) is 11.5 Å². The van der Waals surface area contributed by atoms with E-state index in [-0.39, 0.29) is 11.8 Å². The Balaban J connectivity index is 1.28. The number of hydrogen-bond acceptors (Lipinski definition) is 7. The molecule has 0 bridgehead atoms. The molecule has 1 unspecified atom stereocenters. The predicted octanol–water partition coefficient (Wildman–Crippen LogP) is 3.67. The van der Waals surface area contributed by atoms with Crippen molar-refractivity contribution >= 4 is 5.91 Å². The van der Waals surface area contributed by atoms with Crippen LogP contribution in [0, 0.1) is 5.92 Å². The smallest absolute Gasteiger partial charge is 0.241 e. The van der Waals surface area contributed by atoms with E-state index >= 15 is 0 Å². The maximum absolute atomic E-state index is 12.8. The first-order valence-electron chi connectivity index (χ1n) is 11.3. The van der Waals surface area contributed by atoms with Gasteiger partial charge in [-0.05, 0) is 68.3 Å². The predicted molar refractivity (Wildman–Crippen MR) is 124 cm³/mol. The summed E-state index contributed by atoms with van der Waals surface area (Å²) in [6.07, 6.45) is 1.84. The van der Waals surface area contributed by atoms with E-state index in [4.69, 9.17) is 14.0 Å². The summed E-state index contributed by atoms with van der Waals surface area (Å²) in [5.74, 6) is 2.75. The molecule has 0 spiro atoms. The van der Waals surface area contributed by atoms with E-state index in [0.29, 0.717) is 38.0 Å². The molecule has 2 heterocycles. The standard InChI is InChI=1S/C25H30N4O4/c1-3-32-22-10-6-18(7-11-22)15-26-25(30)20-5-4-14-29(16-20)17-23-27-24(28-33-23)19-8-12-21(31-2)13-9-19/h6-13,20H,3-5,14-17H2,1-2H3,(H,26,30). The second kappa shape index (κ2) is 11.0. The number of nitrogens with one attached hydrogen (secondary N) is 1. The summed E-state index contributed by atoms with van der Waals surface area (Å²) < 4.78 is 16.1. The summed E-state index contributed by atoms with van der Waals surface area (Å²) in [7, 11) is 1.63. The van der Waals surface area contributed by atoms with Gasteiger partial charge in [0.15, 0.2) is 0 Å². The van der Waals surface area contributed by atoms with Crippen molar-refractivity contribution in [1.29, 1.82) is 0 Å². The number of likely N-dealkylation sites (tertiary alicyclic amines) is 1. The Labute approximate surface area is 193 Å². The third kappa shape index (κ3) is 6.10. The van der Waals surface area contributed by atoms with E-state index in [1.165, 1.54) is 0 Å². The zero-order chi connectivity index (χ0) is 23.0. The zero-order valence-corrected chi connectivity index (χ0v) is 19.1. The molecule has 3 aromatic rings. The molecule has 1 aromatic heterocycles. The molecule has 174 valence electrons. The lowest BCUT2D eigenvalue weighted by atomic mass is 9.97. The number of ether oxygens (including phenoxy) is 2. The van der Waals surface area contributed by atoms with Crippen molar-refractivity contribution < 1.29 is 18.8 Å². The highest BCUT2D eigenvalue weighted by Crippen LogP contribution is 2.22. The fourth-order valence-corrected chi connectivity index (χ4v) is 3.98. The highest BCUT2D eigenvalue weighted by molar-refractivity contribution is 5.79. The second-order valence-electron chi connectivity index (χ2n) is 8.11. The molecule has 1 aliphatic heterocycles. The number of rotatable bonds is 9. The number of carbonyl (C=O) groups is 1. The lowest BCUT2D eigenvalue weighted by Crippen LogP contribution is -2.42. The molecular formula is C25H30N4O4. The minimum Gasteiger partial charge on any atom is -0.497 e. The first-order valence-corrected chi connectivity index (χ1v) is 11.3. The maximum atomic E-state index is 12.8. The third-order valence-corrected chi connectivity index (χ3v) is 5.75. The quantitative estimate of drug-likeness (QED) is 0.532. The molecule has 0 aliphatic carbocycles. The molecule has 8 nitrogen and oxygen atoms in total. The normalized spacial score (nSPS) is 16.4. The van der Waals surface area contributed by atoms with Crippen LogP contribution in [0.4, 0.5) is 0 Å². The van der Waals surface area contributed by atoms with E-state index in [2.05, 4.69) is 20.4 Å². The monoisotopic (exact) mass is 450 g/mol. The number of carbonyl (C=O) groups excluding carboxylic acids is 1. The molecule has 1 saturated heterocycles. The highest BCUT2D eigenvalue weighted by Gasteiger charge is 2.26. The molecule has 1 amide bonds. The number of hydrogen-bond donors (Lipinski definition) is 1. The van der Waals surface area contributed by atoms with Crippen LogP contribution in [0.25, 0.3) is 11.4 Å². The summed E-state index contributed by atoms with van der Waals surface area (Å²) in [6.45, 7) is 5.22. The SMILES string of the molecule is CCOc1ccc(CNC(=O)C2CCCN(Cc3nc(-c4ccc(OC)cc4)no3)C2)cc1. The average molecular weight is 451 g/mol. The molecule has 33 heavy (non-hydrogen) atoms. The van der Waals surface area contributed by atoms with Crippen LogP contribution in [0.3, 0.4) is 0 Å². The van der Waals surface area contributed by atoms with Crippen LogP contribution in [0.2, 0.25) is 0 Å². The summed E-state index contributed by atoms with van der Waals surface area (Å²) >= 11 is 0. The van der Waals surface area contributed by atoms with Crippen molar-refractivity contribution in [3.63, 3.8) is 0 Å². The summed E-state index contributed by atoms with van der Waals surface area (Å²) in [5.41, 5.74) is 1.92. The van der Waals surface area contributed by atoms with Crippen LogP contribution < -0.4 is 14.8 Å². The van der Waals surface area contributed by atoms with Gasteiger partial charge >= 0.3 is 0 Å². The van der Waals surface area contributed by atoms with Gasteiger partial charge in [-0.3, -0.25) is 9.69 Å². The lowest BCUT2D eigenvalue weighted by molar-refractivity contribution is -0.127. The van der Waals surface area contributed by atoms with E-state index in [9.17, 15) is 4.79 Å². The molecular weight excluding hydrogens is 420 g/mol. The molecule has 1 aliphatic rings. The van der Waals surface area contributed by atoms with Crippen LogP contribution in [0.15, 0.2) is 53.1 Å². The maximum Gasteiger partial charge on any atom is 0.241 e. The number of benzene rings is 2. The average Bonchev–Trinajstić information content (AvgIpc) is 3.32. The summed E-state index contributed by atoms with van der Waals surface area (Å²) in [4.78, 5) is 19.5. The number of nitrogens with zero attached hydrogens (tertiary/aromatic N) is 3. The second-order valence-corrected chi connectivity index (χ2v) is 8.11. The lowest BCUT2D eigenvalue weighted by Gasteiger charge is -2.30. The van der Waals surface area contributed by atoms with Crippen molar-refractivity contribution in [2.75, 3.05) is 26.8 Å². The van der Waals surface area contributed by atoms with Crippen LogP contribution in [-0.2, 0) is 17.9 Å². The minimum atomic E-state index is -0.0505. The Kier molecular flexibility index (Phi) is 7.57. The largest absolute Gasteiger partial charge is 0.497 e. The molecule has 0 saturated carbocycles. The van der Waals surface area contributed by atoms with Crippen LogP contribution in [-0.4, -0.2) is 47.8 Å². The van der Waals surface area contributed by atoms with Crippen molar-refractivity contribution in [1.82, 2.24) is 20.4 Å². The summed E-state index contributed by atoms with van der Waals surface area (Å²) in [5, 5.41) is 7.17. The fourth-order valence-electron chi connectivity index (χ4n) is 3.98. The first-order chi connectivity index (χ1) is 16.1. The van der Waals surface area contributed by atoms with Gasteiger partial charge in [-0.25, -0.2) is 0 Å². The van der Waals surface area contributed by atoms with Crippen molar-refractivity contribution in [3.05, 3.63) is 60.0 Å². The van der Waals surface area contributed by atoms with Crippen LogP contribution >= 0.6 is 0 Å². The van der Waals surface area contributed by atoms with E-state index < -0.39 is 0 Å². The molecule has 4 rings (SSSR count). The molecule has 0 radical (unpaired) electrons. The zero-order valence-electron chi connectivity index (χ0n) is 19.1. The topological polar surface area (TPSA) is 89.7 Å². The molecule has 1 N–H and O–H groups in total. The summed E-state index contributed by atoms with van der Waals surface area (Å²) in [6, 6.07) is 15.4. The van der Waals surface area contributed by atoms with Crippen molar-refractivity contribution in [3.8, 4) is 22.9 Å². The first kappa shape index (κ1) is 22.8. The van der Waals surface area contributed by atoms with Gasteiger partial charge in [0.05, 0.1) is 26.2 Å². The van der Waals surface area contributed by atoms with Crippen molar-refractivity contribution in [2.45, 2.75) is 32.9 Å². The Morgan fingerprint density at radius 3 is 2.64 bits per heavy atom. The third-order valence-electron chi connectivity index (χ3n) is 5.75. The Hall–Kier alpha value is -3.39. The molecule has 8 heteroatoms. The van der Waals surface area contributed by atoms with Gasteiger partial charge in [-0.15, -0.1) is 0 Å². The Bertz CT molecular complexity index is 1030. The number of methoxy groups -OCH3 is 1. The Morgan fingerprint density at radius 1 is 1.15 bits per heavy atom. The fraction of sp³-hybridized carbons (Fsp3) is 0.400. The van der Waals surface area contributed by atoms with E-state index in [1.807, 2.05) is 55.5 Å². The van der Waals surface area contributed by atoms with Gasteiger partial charge in [0, 0.05) is 18.7 Å². The minimum absolute atomic E-state index is 0.0505. The van der Waals surface area contributed by atoms with Gasteiger partial charge in [0.1, 0.15) is 11.5 Å². The van der Waals surface area contributed by atoms with E-state index in [1.54, 1.807) is 7.11 Å². The van der Waals surface area contributed by atoms with E-state index in [0.717, 1.165) is 42.0 Å². The van der Waals surface area contributed by atoms with Gasteiger partial charge in [0.2, 0.25) is 17.6 Å². The van der Waals surface area contributed by atoms with Gasteiger partial charge in [0.25, 0.3) is 0 Å². The molecule has 2 aromatic carbocycles. The van der Waals surface area contributed by atoms with Gasteiger partial charge < -0.3 is 19.3 Å². The molecule has 1 atom stereocenters. The number of aromatic nitrogens is 2. The Morgan fingerprint density at radius 2 is 1.91 bits per heavy atom. The van der Waals surface area contributed by atoms with Crippen molar-refractivity contribution in [2.24, 2.45) is 5.92 Å². The molecule has 1 fully saturated rings.